The van der Waals surface area contributed by atoms with Crippen LogP contribution in [0.5, 0.6) is 0 Å². The molecule has 6 aromatic rings. The van der Waals surface area contributed by atoms with E-state index in [1.165, 1.54) is 140 Å². The molecule has 10 aliphatic heterocycles. The number of nitrogens with zero attached hydrogens (tertiary/aromatic N) is 12. The second-order valence-electron chi connectivity index (χ2n) is 38.3. The Labute approximate surface area is 693 Å². The van der Waals surface area contributed by atoms with E-state index in [0.29, 0.717) is 76.8 Å². The SMILES string of the molecule is CCn1c(-c2cc(N3CCN4CCCC[C@@H]4C3)cnc2C(C)C)c2c3cc(ccc31)C1=CCCN(C1)C[C@H](N)C(=O)N1CCC[C@H](N1)C(=O)OCC(C)(C)C2.CCn1c(-c2cc(N3CCN4CCCC[C@@H]4C3)cnc2C(C)C)c2c3cc(ccc31)C1=CCCN(C1)C[C@H](NC(=O)OC(C)(C)C)C(=O)N1CCC[C@H](N1)C(=O)OCC(C)(C)C2. The molecule has 4 aromatic heterocycles. The fourth-order valence-electron chi connectivity index (χ4n) is 20.2. The second kappa shape index (κ2) is 35.2. The highest BCUT2D eigenvalue weighted by Crippen LogP contribution is 2.46. The highest BCUT2D eigenvalue weighted by atomic mass is 16.6. The van der Waals surface area contributed by atoms with Crippen LogP contribution in [0.2, 0.25) is 0 Å². The minimum atomic E-state index is -0.898. The Balaban J connectivity index is 0.000000185. The number of cyclic esters (lactones) is 2. The maximum atomic E-state index is 14.3. The quantitative estimate of drug-likeness (QED) is 0.0777. The number of nitrogens with two attached hydrogens (primary N) is 1. The van der Waals surface area contributed by atoms with Crippen molar-refractivity contribution in [2.45, 2.75) is 247 Å². The van der Waals surface area contributed by atoms with Crippen molar-refractivity contribution in [1.29, 1.82) is 0 Å². The lowest BCUT2D eigenvalue weighted by atomic mass is 9.83. The predicted octanol–water partition coefficient (Wildman–Crippen LogP) is 12.7. The summed E-state index contributed by atoms with van der Waals surface area (Å²) in [6, 6.07) is 17.0. The minimum absolute atomic E-state index is 0.176. The van der Waals surface area contributed by atoms with Gasteiger partial charge >= 0.3 is 18.0 Å². The van der Waals surface area contributed by atoms with Gasteiger partial charge in [0, 0.05) is 161 Å². The van der Waals surface area contributed by atoms with Gasteiger partial charge in [0.2, 0.25) is 0 Å². The number of piperidine rings is 2. The van der Waals surface area contributed by atoms with Crippen LogP contribution >= 0.6 is 0 Å². The van der Waals surface area contributed by atoms with Crippen molar-refractivity contribution in [3.05, 3.63) is 107 Å². The number of ether oxygens (including phenoxy) is 3. The van der Waals surface area contributed by atoms with Gasteiger partial charge in [0.15, 0.2) is 0 Å². The van der Waals surface area contributed by atoms with Gasteiger partial charge in [0.05, 0.1) is 65.8 Å². The third-order valence-corrected chi connectivity index (χ3v) is 26.2. The van der Waals surface area contributed by atoms with Crippen LogP contribution in [0.1, 0.15) is 213 Å². The second-order valence-corrected chi connectivity index (χ2v) is 38.3. The van der Waals surface area contributed by atoms with Gasteiger partial charge in [0.1, 0.15) is 23.7 Å². The third kappa shape index (κ3) is 18.6. The zero-order valence-corrected chi connectivity index (χ0v) is 72.3. The van der Waals surface area contributed by atoms with Gasteiger partial charge in [-0.15, -0.1) is 0 Å². The Morgan fingerprint density at radius 1 is 0.573 bits per heavy atom. The molecule has 6 fully saturated rings. The van der Waals surface area contributed by atoms with Crippen LogP contribution in [0, 0.1) is 10.8 Å². The molecule has 3 amide bonds. The van der Waals surface area contributed by atoms with Crippen LogP contribution in [0.3, 0.4) is 0 Å². The number of rotatable bonds is 9. The molecule has 24 nitrogen and oxygen atoms in total. The summed E-state index contributed by atoms with van der Waals surface area (Å²) in [5.74, 6) is -0.741. The molecule has 117 heavy (non-hydrogen) atoms. The summed E-state index contributed by atoms with van der Waals surface area (Å²) in [6.45, 7) is 43.0. The number of esters is 2. The first-order valence-electron chi connectivity index (χ1n) is 44.4. The monoisotopic (exact) mass is 1600 g/mol. The van der Waals surface area contributed by atoms with E-state index in [4.69, 9.17) is 29.9 Å². The number of hydrazine groups is 2. The fraction of sp³-hybridized carbons (Fsp3) is 0.624. The lowest BCUT2D eigenvalue weighted by Crippen LogP contribution is -2.62. The number of hydrogen-bond acceptors (Lipinski definition) is 19. The van der Waals surface area contributed by atoms with Crippen LogP contribution in [-0.4, -0.2) is 238 Å². The van der Waals surface area contributed by atoms with Gasteiger partial charge in [-0.3, -0.25) is 58.8 Å². The highest BCUT2D eigenvalue weighted by Gasteiger charge is 2.41. The number of carbonyl (C=O) groups excluding carboxylic acids is 5. The molecule has 2 unspecified atom stereocenters. The van der Waals surface area contributed by atoms with E-state index in [1.807, 2.05) is 0 Å². The van der Waals surface area contributed by atoms with Crippen molar-refractivity contribution in [2.75, 3.05) is 128 Å². The number of hydrogen-bond donors (Lipinski definition) is 4. The fourth-order valence-corrected chi connectivity index (χ4v) is 20.2. The van der Waals surface area contributed by atoms with Gasteiger partial charge in [-0.1, -0.05) is 92.5 Å². The Morgan fingerprint density at radius 3 is 1.49 bits per heavy atom. The van der Waals surface area contributed by atoms with E-state index in [2.05, 4.69) is 197 Å². The zero-order chi connectivity index (χ0) is 82.4. The van der Waals surface area contributed by atoms with Crippen molar-refractivity contribution >= 4 is 74.2 Å². The Bertz CT molecular complexity index is 4720. The Morgan fingerprint density at radius 2 is 1.03 bits per heavy atom. The van der Waals surface area contributed by atoms with Crippen molar-refractivity contribution in [3.8, 4) is 22.5 Å². The van der Waals surface area contributed by atoms with Gasteiger partial charge in [-0.25, -0.2) is 15.6 Å². The number of anilines is 2. The average molecular weight is 1600 g/mol. The normalized spacial score (nSPS) is 25.9. The molecule has 0 saturated carbocycles. The lowest BCUT2D eigenvalue weighted by Gasteiger charge is -2.45. The summed E-state index contributed by atoms with van der Waals surface area (Å²) in [5.41, 5.74) is 30.5. The van der Waals surface area contributed by atoms with Crippen LogP contribution in [0.4, 0.5) is 16.2 Å². The molecule has 632 valence electrons. The zero-order valence-electron chi connectivity index (χ0n) is 72.3. The summed E-state index contributed by atoms with van der Waals surface area (Å²) in [6.07, 6.45) is 21.6. The maximum absolute atomic E-state index is 14.3. The summed E-state index contributed by atoms with van der Waals surface area (Å²) >= 11 is 0. The van der Waals surface area contributed by atoms with Gasteiger partial charge in [0.25, 0.3) is 11.8 Å². The van der Waals surface area contributed by atoms with Crippen molar-refractivity contribution in [2.24, 2.45) is 16.6 Å². The lowest BCUT2D eigenvalue weighted by molar-refractivity contribution is -0.156. The van der Waals surface area contributed by atoms with Crippen LogP contribution in [0.25, 0.3) is 55.5 Å². The van der Waals surface area contributed by atoms with E-state index in [0.717, 1.165) is 102 Å². The number of aromatic nitrogens is 4. The van der Waals surface area contributed by atoms with E-state index < -0.39 is 41.3 Å². The van der Waals surface area contributed by atoms with Gasteiger partial charge in [-0.05, 0) is 206 Å². The molecule has 0 spiro atoms. The smallest absolute Gasteiger partial charge is 0.408 e. The van der Waals surface area contributed by atoms with Crippen molar-refractivity contribution in [1.82, 2.24) is 64.9 Å². The molecule has 8 atom stereocenters. The van der Waals surface area contributed by atoms with Crippen molar-refractivity contribution < 1.29 is 38.2 Å². The van der Waals surface area contributed by atoms with Crippen LogP contribution < -0.4 is 31.7 Å². The largest absolute Gasteiger partial charge is 0.464 e. The number of piperazine rings is 2. The highest BCUT2D eigenvalue weighted by molar-refractivity contribution is 5.97. The molecule has 2 aromatic carbocycles. The van der Waals surface area contributed by atoms with Crippen LogP contribution in [-0.2, 0) is 59.3 Å². The maximum Gasteiger partial charge on any atom is 0.408 e. The summed E-state index contributed by atoms with van der Waals surface area (Å²) in [4.78, 5) is 94.1. The molecule has 10 aliphatic rings. The van der Waals surface area contributed by atoms with Crippen molar-refractivity contribution in [3.63, 3.8) is 0 Å². The predicted molar refractivity (Wildman–Crippen MR) is 465 cm³/mol. The number of pyridine rings is 2. The number of nitrogens with one attached hydrogen (secondary N) is 3. The Hall–Kier alpha value is -8.23. The first-order chi connectivity index (χ1) is 56.1. The molecular weight excluding hydrogens is 1470 g/mol. The minimum Gasteiger partial charge on any atom is -0.464 e. The molecular formula is C93H132N16O8. The number of carbonyl (C=O) groups is 5. The number of fused-ring (bicyclic) bond motifs is 14. The molecule has 5 N–H and O–H groups in total. The molecule has 14 heterocycles. The van der Waals surface area contributed by atoms with Gasteiger partial charge < -0.3 is 44.2 Å². The van der Waals surface area contributed by atoms with Crippen LogP contribution in [0.15, 0.2) is 73.1 Å². The Kier molecular flexibility index (Phi) is 25.2. The van der Waals surface area contributed by atoms with E-state index in [9.17, 15) is 24.0 Å². The molecule has 0 aliphatic carbocycles. The first kappa shape index (κ1) is 83.8. The average Bonchev–Trinajstić information content (AvgIpc) is 1.59. The number of aryl methyl sites for hydroxylation is 2. The summed E-state index contributed by atoms with van der Waals surface area (Å²) in [5, 5.41) is 8.37. The standard InChI is InChI=1S/C49H70N8O5.C44H62N8O3/c1-9-56-42-18-17-33-24-37(42)39(44(56)38-25-36(27-50-43(38)32(2)3)55-23-22-54-20-11-10-15-35(54)29-55)26-49(7,8)31-61-46(59)40-16-13-21-57(52-40)45(58)41(51-47(60)62-48(4,5)6)30-53-19-12-14-34(33)28-53;1-6-51-39-15-14-30-21-34(39)36(41(51)35-22-33(24-46-40(35)29(2)3)50-20-19-49-17-8-7-12-32(49)26-50)23-44(4,5)28-55-43(54)38-13-10-18-52(47-38)42(53)37(45)27-48-16-9-11-31(30)25-48/h14,17-18,24-25,27,32,35,40-41,52H,9-13,15-16,19-23,26,28-31H2,1-8H3,(H,51,60);11,14-15,21-22,24,29,32,37-38,47H,6-10,12-13,16-20,23,25-28,45H2,1-5H3/t35-,40+,41+;32-,37+,38+/m11/s1. The number of benzene rings is 2. The molecule has 12 bridgehead atoms. The molecule has 6 saturated heterocycles. The third-order valence-electron chi connectivity index (χ3n) is 26.2. The molecule has 0 radical (unpaired) electrons. The van der Waals surface area contributed by atoms with E-state index in [-0.39, 0.29) is 60.8 Å². The first-order valence-corrected chi connectivity index (χ1v) is 44.4. The van der Waals surface area contributed by atoms with Gasteiger partial charge in [-0.2, -0.15) is 0 Å². The van der Waals surface area contributed by atoms with E-state index in [1.54, 1.807) is 25.8 Å². The van der Waals surface area contributed by atoms with E-state index >= 15 is 0 Å². The molecule has 16 rings (SSSR count). The molecule has 24 heteroatoms. The topological polar surface area (TPSA) is 237 Å². The number of alkyl carbamates (subject to hydrolysis) is 1. The summed E-state index contributed by atoms with van der Waals surface area (Å²) < 4.78 is 22.9. The summed E-state index contributed by atoms with van der Waals surface area (Å²) in [7, 11) is 0. The number of amides is 3.